The fourth-order valence-electron chi connectivity index (χ4n) is 2.82. The van der Waals surface area contributed by atoms with E-state index in [-0.39, 0.29) is 12.2 Å². The molecule has 28 heavy (non-hydrogen) atoms. The van der Waals surface area contributed by atoms with E-state index in [1.54, 1.807) is 30.3 Å². The molecule has 0 aliphatic carbocycles. The molecular weight excluding hydrogens is 430 g/mol. The third-order valence-corrected chi connectivity index (χ3v) is 4.71. The predicted octanol–water partition coefficient (Wildman–Crippen LogP) is 2.78. The standard InChI is InChI=1S/C19H18BrN3O5/c1-27-15-7-6-13(9-16(15)28-2)23-18(25)14(10-21-19(23)26)17(24)22-12-5-3-4-11(20)8-12/h3-9,14H,10H2,1-2H3,(H,21,26)(H,22,24). The summed E-state index contributed by atoms with van der Waals surface area (Å²) >= 11 is 3.33. The zero-order valence-electron chi connectivity index (χ0n) is 15.2. The Balaban J connectivity index is 1.84. The molecule has 4 amide bonds. The van der Waals surface area contributed by atoms with E-state index in [2.05, 4.69) is 26.6 Å². The van der Waals surface area contributed by atoms with Crippen molar-refractivity contribution < 1.29 is 23.9 Å². The van der Waals surface area contributed by atoms with Crippen LogP contribution in [0.3, 0.4) is 0 Å². The summed E-state index contributed by atoms with van der Waals surface area (Å²) in [5.41, 5.74) is 0.821. The van der Waals surface area contributed by atoms with Crippen LogP contribution in [0.25, 0.3) is 0 Å². The largest absolute Gasteiger partial charge is 0.493 e. The summed E-state index contributed by atoms with van der Waals surface area (Å²) in [5, 5.41) is 5.28. The Bertz CT molecular complexity index is 934. The molecule has 0 radical (unpaired) electrons. The van der Waals surface area contributed by atoms with Crippen LogP contribution in [-0.2, 0) is 9.59 Å². The van der Waals surface area contributed by atoms with Crippen LogP contribution in [0.1, 0.15) is 0 Å². The maximum absolute atomic E-state index is 12.9. The van der Waals surface area contributed by atoms with Crippen molar-refractivity contribution in [3.05, 3.63) is 46.9 Å². The van der Waals surface area contributed by atoms with Gasteiger partial charge in [-0.2, -0.15) is 0 Å². The van der Waals surface area contributed by atoms with Crippen molar-refractivity contribution in [3.63, 3.8) is 0 Å². The van der Waals surface area contributed by atoms with E-state index < -0.39 is 23.8 Å². The van der Waals surface area contributed by atoms with Crippen molar-refractivity contribution >= 4 is 45.2 Å². The second-order valence-corrected chi connectivity index (χ2v) is 6.87. The van der Waals surface area contributed by atoms with Gasteiger partial charge >= 0.3 is 6.03 Å². The number of benzene rings is 2. The van der Waals surface area contributed by atoms with E-state index in [4.69, 9.17) is 9.47 Å². The molecule has 8 nitrogen and oxygen atoms in total. The summed E-state index contributed by atoms with van der Waals surface area (Å²) in [6.45, 7) is -0.0821. The Kier molecular flexibility index (Phi) is 5.84. The molecule has 1 saturated heterocycles. The predicted molar refractivity (Wildman–Crippen MR) is 107 cm³/mol. The topological polar surface area (TPSA) is 97.0 Å². The van der Waals surface area contributed by atoms with E-state index in [0.717, 1.165) is 9.37 Å². The average molecular weight is 448 g/mol. The molecule has 1 unspecified atom stereocenters. The number of carbonyl (C=O) groups is 3. The lowest BCUT2D eigenvalue weighted by molar-refractivity contribution is -0.130. The molecule has 1 fully saturated rings. The van der Waals surface area contributed by atoms with Crippen molar-refractivity contribution in [3.8, 4) is 11.5 Å². The van der Waals surface area contributed by atoms with Crippen LogP contribution in [0.2, 0.25) is 0 Å². The molecular formula is C19H18BrN3O5. The van der Waals surface area contributed by atoms with E-state index in [1.165, 1.54) is 20.3 Å². The van der Waals surface area contributed by atoms with Gasteiger partial charge in [-0.05, 0) is 30.3 Å². The number of nitrogens with one attached hydrogen (secondary N) is 2. The number of nitrogens with zero attached hydrogens (tertiary/aromatic N) is 1. The number of hydrogen-bond acceptors (Lipinski definition) is 5. The highest BCUT2D eigenvalue weighted by Gasteiger charge is 2.39. The van der Waals surface area contributed by atoms with Crippen LogP contribution in [0.4, 0.5) is 16.2 Å². The third-order valence-electron chi connectivity index (χ3n) is 4.21. The van der Waals surface area contributed by atoms with Crippen LogP contribution in [0.5, 0.6) is 11.5 Å². The Labute approximate surface area is 169 Å². The zero-order chi connectivity index (χ0) is 20.3. The number of hydrogen-bond donors (Lipinski definition) is 2. The van der Waals surface area contributed by atoms with Gasteiger partial charge in [-0.3, -0.25) is 9.59 Å². The first-order chi connectivity index (χ1) is 13.4. The van der Waals surface area contributed by atoms with Gasteiger partial charge in [-0.25, -0.2) is 9.69 Å². The summed E-state index contributed by atoms with van der Waals surface area (Å²) in [6, 6.07) is 11.0. The molecule has 0 aromatic heterocycles. The molecule has 1 atom stereocenters. The molecule has 0 bridgehead atoms. The number of methoxy groups -OCH3 is 2. The van der Waals surface area contributed by atoms with Gasteiger partial charge in [0.25, 0.3) is 0 Å². The fraction of sp³-hybridized carbons (Fsp3) is 0.211. The quantitative estimate of drug-likeness (QED) is 0.686. The zero-order valence-corrected chi connectivity index (χ0v) is 16.8. The molecule has 9 heteroatoms. The molecule has 3 rings (SSSR count). The Hall–Kier alpha value is -3.07. The lowest BCUT2D eigenvalue weighted by Gasteiger charge is -2.31. The first kappa shape index (κ1) is 19.7. The number of amides is 4. The minimum atomic E-state index is -1.07. The number of imide groups is 1. The van der Waals surface area contributed by atoms with E-state index >= 15 is 0 Å². The first-order valence-electron chi connectivity index (χ1n) is 8.35. The van der Waals surface area contributed by atoms with Crippen LogP contribution in [0.15, 0.2) is 46.9 Å². The molecule has 0 saturated carbocycles. The van der Waals surface area contributed by atoms with Gasteiger partial charge in [-0.15, -0.1) is 0 Å². The highest BCUT2D eigenvalue weighted by atomic mass is 79.9. The first-order valence-corrected chi connectivity index (χ1v) is 9.14. The van der Waals surface area contributed by atoms with Gasteiger partial charge in [0.1, 0.15) is 5.92 Å². The maximum atomic E-state index is 12.9. The lowest BCUT2D eigenvalue weighted by Crippen LogP contribution is -2.58. The lowest BCUT2D eigenvalue weighted by atomic mass is 10.0. The minimum absolute atomic E-state index is 0.0821. The summed E-state index contributed by atoms with van der Waals surface area (Å²) in [7, 11) is 2.94. The van der Waals surface area contributed by atoms with E-state index in [9.17, 15) is 14.4 Å². The number of halogens is 1. The molecule has 2 aromatic carbocycles. The third kappa shape index (κ3) is 3.94. The molecule has 1 aliphatic rings. The monoisotopic (exact) mass is 447 g/mol. The fourth-order valence-corrected chi connectivity index (χ4v) is 3.22. The van der Waals surface area contributed by atoms with Gasteiger partial charge in [-0.1, -0.05) is 22.0 Å². The van der Waals surface area contributed by atoms with Gasteiger partial charge < -0.3 is 20.1 Å². The highest BCUT2D eigenvalue weighted by Crippen LogP contribution is 2.32. The number of rotatable bonds is 5. The summed E-state index contributed by atoms with van der Waals surface area (Å²) in [5.74, 6) is -1.37. The van der Waals surface area contributed by atoms with Crippen molar-refractivity contribution in [1.29, 1.82) is 0 Å². The van der Waals surface area contributed by atoms with Gasteiger partial charge in [0.2, 0.25) is 11.8 Å². The second kappa shape index (κ2) is 8.30. The number of anilines is 2. The van der Waals surface area contributed by atoms with Crippen molar-refractivity contribution in [2.45, 2.75) is 0 Å². The van der Waals surface area contributed by atoms with Gasteiger partial charge in [0.15, 0.2) is 11.5 Å². The summed E-state index contributed by atoms with van der Waals surface area (Å²) < 4.78 is 11.2. The smallest absolute Gasteiger partial charge is 0.328 e. The minimum Gasteiger partial charge on any atom is -0.493 e. The van der Waals surface area contributed by atoms with Gasteiger partial charge in [0.05, 0.1) is 19.9 Å². The molecule has 1 heterocycles. The Morgan fingerprint density at radius 2 is 1.89 bits per heavy atom. The number of carbonyl (C=O) groups excluding carboxylic acids is 3. The normalized spacial score (nSPS) is 16.4. The van der Waals surface area contributed by atoms with Crippen LogP contribution < -0.4 is 25.0 Å². The molecule has 1 aliphatic heterocycles. The molecule has 0 spiro atoms. The Morgan fingerprint density at radius 1 is 1.14 bits per heavy atom. The molecule has 2 N–H and O–H groups in total. The number of urea groups is 1. The van der Waals surface area contributed by atoms with Crippen LogP contribution >= 0.6 is 15.9 Å². The summed E-state index contributed by atoms with van der Waals surface area (Å²) in [4.78, 5) is 38.8. The maximum Gasteiger partial charge on any atom is 0.328 e. The van der Waals surface area contributed by atoms with Crippen molar-refractivity contribution in [2.75, 3.05) is 31.0 Å². The number of ether oxygens (including phenoxy) is 2. The highest BCUT2D eigenvalue weighted by molar-refractivity contribution is 9.10. The van der Waals surface area contributed by atoms with Crippen LogP contribution in [-0.4, -0.2) is 38.6 Å². The SMILES string of the molecule is COc1ccc(N2C(=O)NCC(C(=O)Nc3cccc(Br)c3)C2=O)cc1OC. The van der Waals surface area contributed by atoms with Gasteiger partial charge in [0, 0.05) is 22.8 Å². The van der Waals surface area contributed by atoms with Crippen LogP contribution in [0, 0.1) is 5.92 Å². The van der Waals surface area contributed by atoms with E-state index in [1.807, 2.05) is 6.07 Å². The average Bonchev–Trinajstić information content (AvgIpc) is 2.67. The molecule has 146 valence electrons. The summed E-state index contributed by atoms with van der Waals surface area (Å²) in [6.07, 6.45) is 0. The van der Waals surface area contributed by atoms with Crippen molar-refractivity contribution in [2.24, 2.45) is 5.92 Å². The molecule has 2 aromatic rings. The van der Waals surface area contributed by atoms with Crippen molar-refractivity contribution in [1.82, 2.24) is 5.32 Å². The van der Waals surface area contributed by atoms with E-state index in [0.29, 0.717) is 17.2 Å². The second-order valence-electron chi connectivity index (χ2n) is 5.95. The Morgan fingerprint density at radius 3 is 2.57 bits per heavy atom.